The number of aryl methyl sites for hydroxylation is 1. The molecule has 0 saturated heterocycles. The molecular formula is C17H20N2O2. The fourth-order valence-corrected chi connectivity index (χ4v) is 2.08. The van der Waals surface area contributed by atoms with Crippen LogP contribution in [0.5, 0.6) is 5.75 Å². The smallest absolute Gasteiger partial charge is 0.251 e. The Morgan fingerprint density at radius 3 is 2.62 bits per heavy atom. The molecule has 0 aliphatic carbocycles. The van der Waals surface area contributed by atoms with E-state index in [9.17, 15) is 4.79 Å². The van der Waals surface area contributed by atoms with Gasteiger partial charge in [-0.3, -0.25) is 4.79 Å². The molecule has 0 aromatic heterocycles. The summed E-state index contributed by atoms with van der Waals surface area (Å²) in [6.45, 7) is 2.32. The minimum absolute atomic E-state index is 0.153. The van der Waals surface area contributed by atoms with Crippen molar-refractivity contribution in [1.82, 2.24) is 5.32 Å². The number of nitrogens with two attached hydrogens (primary N) is 1. The average molecular weight is 284 g/mol. The Hall–Kier alpha value is -2.33. The molecule has 3 N–H and O–H groups in total. The van der Waals surface area contributed by atoms with Gasteiger partial charge in [-0.05, 0) is 30.2 Å². The highest BCUT2D eigenvalue weighted by Gasteiger charge is 2.11. The van der Waals surface area contributed by atoms with Gasteiger partial charge >= 0.3 is 0 Å². The molecule has 0 aliphatic rings. The van der Waals surface area contributed by atoms with E-state index in [1.54, 1.807) is 19.2 Å². The van der Waals surface area contributed by atoms with Crippen LogP contribution in [0, 0.1) is 6.92 Å². The standard InChI is InChI=1S/C17H20N2O2/c1-12-8-9-14(10-16(12)21-2)17(20)19-11-15(18)13-6-4-3-5-7-13/h3-10,15H,11,18H2,1-2H3,(H,19,20). The van der Waals surface area contributed by atoms with E-state index in [0.29, 0.717) is 17.9 Å². The first-order chi connectivity index (χ1) is 10.1. The molecule has 4 nitrogen and oxygen atoms in total. The lowest BCUT2D eigenvalue weighted by Crippen LogP contribution is -2.31. The van der Waals surface area contributed by atoms with Gasteiger partial charge in [-0.25, -0.2) is 0 Å². The van der Waals surface area contributed by atoms with Gasteiger partial charge in [0.1, 0.15) is 5.75 Å². The highest BCUT2D eigenvalue weighted by Crippen LogP contribution is 2.19. The van der Waals surface area contributed by atoms with Crippen LogP contribution in [0.2, 0.25) is 0 Å². The monoisotopic (exact) mass is 284 g/mol. The van der Waals surface area contributed by atoms with Crippen molar-refractivity contribution in [2.24, 2.45) is 5.73 Å². The first-order valence-electron chi connectivity index (χ1n) is 6.85. The maximum Gasteiger partial charge on any atom is 0.251 e. The molecule has 0 bridgehead atoms. The second kappa shape index (κ2) is 6.90. The molecule has 2 aromatic carbocycles. The van der Waals surface area contributed by atoms with Crippen molar-refractivity contribution in [3.8, 4) is 5.75 Å². The SMILES string of the molecule is COc1cc(C(=O)NCC(N)c2ccccc2)ccc1C. The molecule has 0 fully saturated rings. The number of benzene rings is 2. The van der Waals surface area contributed by atoms with Gasteiger partial charge in [0, 0.05) is 18.2 Å². The number of carbonyl (C=O) groups excluding carboxylic acids is 1. The van der Waals surface area contributed by atoms with E-state index in [1.165, 1.54) is 0 Å². The van der Waals surface area contributed by atoms with E-state index in [1.807, 2.05) is 43.3 Å². The number of methoxy groups -OCH3 is 1. The van der Waals surface area contributed by atoms with Crippen LogP contribution >= 0.6 is 0 Å². The van der Waals surface area contributed by atoms with Gasteiger partial charge in [0.15, 0.2) is 0 Å². The van der Waals surface area contributed by atoms with E-state index in [0.717, 1.165) is 11.1 Å². The summed E-state index contributed by atoms with van der Waals surface area (Å²) in [5, 5.41) is 2.85. The van der Waals surface area contributed by atoms with Crippen molar-refractivity contribution in [3.05, 3.63) is 65.2 Å². The summed E-state index contributed by atoms with van der Waals surface area (Å²) >= 11 is 0. The van der Waals surface area contributed by atoms with Gasteiger partial charge < -0.3 is 15.8 Å². The van der Waals surface area contributed by atoms with Gasteiger partial charge in [0.2, 0.25) is 0 Å². The third kappa shape index (κ3) is 3.83. The van der Waals surface area contributed by atoms with Crippen LogP contribution in [0.3, 0.4) is 0 Å². The zero-order valence-electron chi connectivity index (χ0n) is 12.3. The van der Waals surface area contributed by atoms with Crippen LogP contribution in [-0.2, 0) is 0 Å². The molecule has 0 radical (unpaired) electrons. The molecule has 1 atom stereocenters. The highest BCUT2D eigenvalue weighted by molar-refractivity contribution is 5.94. The first-order valence-corrected chi connectivity index (χ1v) is 6.85. The lowest BCUT2D eigenvalue weighted by atomic mass is 10.1. The van der Waals surface area contributed by atoms with E-state index in [-0.39, 0.29) is 11.9 Å². The maximum absolute atomic E-state index is 12.1. The van der Waals surface area contributed by atoms with Crippen molar-refractivity contribution >= 4 is 5.91 Å². The lowest BCUT2D eigenvalue weighted by Gasteiger charge is -2.14. The Balaban J connectivity index is 1.99. The molecular weight excluding hydrogens is 264 g/mol. The van der Waals surface area contributed by atoms with Crippen LogP contribution in [-0.4, -0.2) is 19.6 Å². The fourth-order valence-electron chi connectivity index (χ4n) is 2.08. The summed E-state index contributed by atoms with van der Waals surface area (Å²) in [4.78, 5) is 12.1. The zero-order valence-corrected chi connectivity index (χ0v) is 12.3. The van der Waals surface area contributed by atoms with Crippen molar-refractivity contribution in [2.45, 2.75) is 13.0 Å². The van der Waals surface area contributed by atoms with E-state index < -0.39 is 0 Å². The second-order valence-electron chi connectivity index (χ2n) is 4.91. The fraction of sp³-hybridized carbons (Fsp3) is 0.235. The summed E-state index contributed by atoms with van der Waals surface area (Å²) in [7, 11) is 1.59. The van der Waals surface area contributed by atoms with Crippen molar-refractivity contribution in [3.63, 3.8) is 0 Å². The largest absolute Gasteiger partial charge is 0.496 e. The van der Waals surface area contributed by atoms with Crippen molar-refractivity contribution in [2.75, 3.05) is 13.7 Å². The maximum atomic E-state index is 12.1. The molecule has 0 saturated carbocycles. The van der Waals surface area contributed by atoms with Gasteiger partial charge in [-0.15, -0.1) is 0 Å². The normalized spacial score (nSPS) is 11.8. The molecule has 0 heterocycles. The number of hydrogen-bond acceptors (Lipinski definition) is 3. The summed E-state index contributed by atoms with van der Waals surface area (Å²) in [5.74, 6) is 0.551. The van der Waals surface area contributed by atoms with Gasteiger partial charge in [-0.2, -0.15) is 0 Å². The molecule has 4 heteroatoms. The number of rotatable bonds is 5. The van der Waals surface area contributed by atoms with Gasteiger partial charge in [0.05, 0.1) is 7.11 Å². The summed E-state index contributed by atoms with van der Waals surface area (Å²) in [6.07, 6.45) is 0. The molecule has 2 aromatic rings. The third-order valence-electron chi connectivity index (χ3n) is 3.38. The van der Waals surface area contributed by atoms with Crippen molar-refractivity contribution in [1.29, 1.82) is 0 Å². The minimum Gasteiger partial charge on any atom is -0.496 e. The predicted molar refractivity (Wildman–Crippen MR) is 83.4 cm³/mol. The lowest BCUT2D eigenvalue weighted by molar-refractivity contribution is 0.0951. The van der Waals surface area contributed by atoms with Crippen LogP contribution in [0.4, 0.5) is 0 Å². The Labute approximate surface area is 124 Å². The number of nitrogens with one attached hydrogen (secondary N) is 1. The average Bonchev–Trinajstić information content (AvgIpc) is 2.53. The molecule has 110 valence electrons. The topological polar surface area (TPSA) is 64.3 Å². The second-order valence-corrected chi connectivity index (χ2v) is 4.91. The van der Waals surface area contributed by atoms with Crippen LogP contribution in [0.25, 0.3) is 0 Å². The molecule has 0 aliphatic heterocycles. The van der Waals surface area contributed by atoms with E-state index in [4.69, 9.17) is 10.5 Å². The summed E-state index contributed by atoms with van der Waals surface area (Å²) in [5.41, 5.74) is 8.62. The summed E-state index contributed by atoms with van der Waals surface area (Å²) < 4.78 is 5.23. The number of amides is 1. The molecule has 21 heavy (non-hydrogen) atoms. The van der Waals surface area contributed by atoms with E-state index in [2.05, 4.69) is 5.32 Å². The van der Waals surface area contributed by atoms with Crippen LogP contribution < -0.4 is 15.8 Å². The third-order valence-corrected chi connectivity index (χ3v) is 3.38. The Morgan fingerprint density at radius 1 is 1.24 bits per heavy atom. The Morgan fingerprint density at radius 2 is 1.95 bits per heavy atom. The molecule has 2 rings (SSSR count). The zero-order chi connectivity index (χ0) is 15.2. The van der Waals surface area contributed by atoms with Crippen molar-refractivity contribution < 1.29 is 9.53 Å². The number of ether oxygens (including phenoxy) is 1. The molecule has 0 spiro atoms. The number of hydrogen-bond donors (Lipinski definition) is 2. The van der Waals surface area contributed by atoms with Crippen LogP contribution in [0.15, 0.2) is 48.5 Å². The number of carbonyl (C=O) groups is 1. The quantitative estimate of drug-likeness (QED) is 0.886. The highest BCUT2D eigenvalue weighted by atomic mass is 16.5. The first kappa shape index (κ1) is 15.1. The van der Waals surface area contributed by atoms with E-state index >= 15 is 0 Å². The Bertz CT molecular complexity index is 611. The van der Waals surface area contributed by atoms with Gasteiger partial charge in [0.25, 0.3) is 5.91 Å². The molecule has 1 amide bonds. The Kier molecular flexibility index (Phi) is 4.95. The minimum atomic E-state index is -0.220. The van der Waals surface area contributed by atoms with Gasteiger partial charge in [-0.1, -0.05) is 36.4 Å². The van der Waals surface area contributed by atoms with Crippen LogP contribution in [0.1, 0.15) is 27.5 Å². The summed E-state index contributed by atoms with van der Waals surface area (Å²) in [6, 6.07) is 14.9. The predicted octanol–water partition coefficient (Wildman–Crippen LogP) is 2.43. The molecule has 1 unspecified atom stereocenters.